The van der Waals surface area contributed by atoms with Gasteiger partial charge in [-0.1, -0.05) is 25.3 Å². The molecule has 0 spiro atoms. The molecule has 0 radical (unpaired) electrons. The van der Waals surface area contributed by atoms with E-state index in [4.69, 9.17) is 0 Å². The van der Waals surface area contributed by atoms with E-state index >= 15 is 0 Å². The van der Waals surface area contributed by atoms with Crippen LogP contribution in [0.2, 0.25) is 0 Å². The van der Waals surface area contributed by atoms with Crippen LogP contribution in [0.4, 0.5) is 5.82 Å². The second-order valence-electron chi connectivity index (χ2n) is 8.03. The van der Waals surface area contributed by atoms with Crippen molar-refractivity contribution >= 4 is 41.7 Å². The van der Waals surface area contributed by atoms with Crippen molar-refractivity contribution in [3.8, 4) is 0 Å². The summed E-state index contributed by atoms with van der Waals surface area (Å²) in [4.78, 5) is 24.9. The van der Waals surface area contributed by atoms with Crippen LogP contribution in [0, 0.1) is 0 Å². The van der Waals surface area contributed by atoms with Gasteiger partial charge in [0.05, 0.1) is 0 Å². The Morgan fingerprint density at radius 3 is 2.34 bits per heavy atom. The number of rotatable bonds is 5. The maximum Gasteiger partial charge on any atom is 0.243 e. The molecule has 3 rings (SSSR count). The number of piperidine rings is 1. The van der Waals surface area contributed by atoms with E-state index in [0.717, 1.165) is 37.7 Å². The first-order valence-electron chi connectivity index (χ1n) is 10.6. The van der Waals surface area contributed by atoms with E-state index in [2.05, 4.69) is 31.6 Å². The molecule has 7 nitrogen and oxygen atoms in total. The van der Waals surface area contributed by atoms with Crippen molar-refractivity contribution in [3.63, 3.8) is 0 Å². The van der Waals surface area contributed by atoms with Crippen LogP contribution in [0.1, 0.15) is 44.9 Å². The summed E-state index contributed by atoms with van der Waals surface area (Å²) in [5.74, 6) is 1.86. The van der Waals surface area contributed by atoms with Crippen molar-refractivity contribution in [1.29, 1.82) is 0 Å². The van der Waals surface area contributed by atoms with Gasteiger partial charge in [0.15, 0.2) is 5.96 Å². The number of hydrogen-bond donors (Lipinski definition) is 2. The van der Waals surface area contributed by atoms with Crippen LogP contribution in [0.5, 0.6) is 0 Å². The monoisotopic (exact) mass is 514 g/mol. The summed E-state index contributed by atoms with van der Waals surface area (Å²) < 4.78 is 0. The molecule has 2 heterocycles. The number of nitrogens with zero attached hydrogens (tertiary/aromatic N) is 4. The maximum atomic E-state index is 12.0. The summed E-state index contributed by atoms with van der Waals surface area (Å²) in [5.41, 5.74) is 0. The normalized spacial score (nSPS) is 18.7. The van der Waals surface area contributed by atoms with Gasteiger partial charge in [-0.15, -0.1) is 24.0 Å². The average molecular weight is 514 g/mol. The summed E-state index contributed by atoms with van der Waals surface area (Å²) >= 11 is 0. The standard InChI is InChI=1S/C21H34N6O.HI/c1-26(2)20(28)16-23-21(24-17-8-4-3-5-9-17)25-18-11-14-27(15-12-18)19-10-6-7-13-22-19;/h6-7,10,13,17-18H,3-5,8-9,11-12,14-16H2,1-2H3,(H2,23,24,25);1H. The number of halogens is 1. The molecule has 2 aliphatic rings. The molecular weight excluding hydrogens is 479 g/mol. The van der Waals surface area contributed by atoms with Crippen LogP contribution in [0.3, 0.4) is 0 Å². The molecule has 1 aliphatic heterocycles. The zero-order valence-corrected chi connectivity index (χ0v) is 20.0. The summed E-state index contributed by atoms with van der Waals surface area (Å²) in [6.07, 6.45) is 10.1. The topological polar surface area (TPSA) is 72.9 Å². The quantitative estimate of drug-likeness (QED) is 0.359. The highest BCUT2D eigenvalue weighted by Gasteiger charge is 2.22. The number of aromatic nitrogens is 1. The molecule has 8 heteroatoms. The Bertz CT molecular complexity index is 640. The molecule has 162 valence electrons. The molecule has 1 saturated heterocycles. The lowest BCUT2D eigenvalue weighted by Crippen LogP contribution is -2.51. The predicted molar refractivity (Wildman–Crippen MR) is 129 cm³/mol. The molecule has 0 atom stereocenters. The third-order valence-electron chi connectivity index (χ3n) is 5.63. The van der Waals surface area contributed by atoms with Crippen LogP contribution in [-0.4, -0.2) is 67.6 Å². The minimum Gasteiger partial charge on any atom is -0.356 e. The zero-order valence-electron chi connectivity index (χ0n) is 17.6. The predicted octanol–water partition coefficient (Wildman–Crippen LogP) is 2.62. The van der Waals surface area contributed by atoms with Crippen molar-refractivity contribution in [1.82, 2.24) is 20.5 Å². The minimum atomic E-state index is 0. The number of hydrogen-bond acceptors (Lipinski definition) is 4. The number of amides is 1. The molecule has 2 fully saturated rings. The lowest BCUT2D eigenvalue weighted by atomic mass is 9.95. The number of anilines is 1. The van der Waals surface area contributed by atoms with Gasteiger partial charge in [0.1, 0.15) is 12.4 Å². The average Bonchev–Trinajstić information content (AvgIpc) is 2.73. The molecular formula is C21H35IN6O. The molecule has 0 aromatic carbocycles. The van der Waals surface area contributed by atoms with E-state index in [0.29, 0.717) is 12.1 Å². The Labute approximate surface area is 191 Å². The van der Waals surface area contributed by atoms with Gasteiger partial charge in [0.25, 0.3) is 0 Å². The lowest BCUT2D eigenvalue weighted by molar-refractivity contribution is -0.127. The van der Waals surface area contributed by atoms with Crippen molar-refractivity contribution in [2.24, 2.45) is 4.99 Å². The second kappa shape index (κ2) is 12.2. The minimum absolute atomic E-state index is 0. The van der Waals surface area contributed by atoms with E-state index in [1.165, 1.54) is 32.1 Å². The van der Waals surface area contributed by atoms with Gasteiger partial charge in [0, 0.05) is 45.5 Å². The SMILES string of the molecule is CN(C)C(=O)CN=C(NC1CCCCC1)NC1CCN(c2ccccn2)CC1.I. The van der Waals surface area contributed by atoms with Gasteiger partial charge < -0.3 is 20.4 Å². The van der Waals surface area contributed by atoms with Crippen LogP contribution in [0.15, 0.2) is 29.4 Å². The molecule has 1 aromatic heterocycles. The van der Waals surface area contributed by atoms with Gasteiger partial charge in [-0.3, -0.25) is 4.79 Å². The number of guanidine groups is 1. The first-order chi connectivity index (χ1) is 13.6. The fraction of sp³-hybridized carbons (Fsp3) is 0.667. The smallest absolute Gasteiger partial charge is 0.243 e. The Morgan fingerprint density at radius 1 is 1.10 bits per heavy atom. The Hall–Kier alpha value is -1.58. The van der Waals surface area contributed by atoms with E-state index in [1.807, 2.05) is 18.3 Å². The molecule has 2 N–H and O–H groups in total. The van der Waals surface area contributed by atoms with Crippen LogP contribution in [0.25, 0.3) is 0 Å². The van der Waals surface area contributed by atoms with E-state index < -0.39 is 0 Å². The lowest BCUT2D eigenvalue weighted by Gasteiger charge is -2.34. The highest BCUT2D eigenvalue weighted by atomic mass is 127. The van der Waals surface area contributed by atoms with Crippen molar-refractivity contribution < 1.29 is 4.79 Å². The second-order valence-corrected chi connectivity index (χ2v) is 8.03. The highest BCUT2D eigenvalue weighted by Crippen LogP contribution is 2.19. The fourth-order valence-electron chi connectivity index (χ4n) is 3.85. The van der Waals surface area contributed by atoms with Crippen molar-refractivity contribution in [2.45, 2.75) is 57.0 Å². The zero-order chi connectivity index (χ0) is 19.8. The largest absolute Gasteiger partial charge is 0.356 e. The molecule has 1 saturated carbocycles. The van der Waals surface area contributed by atoms with Gasteiger partial charge >= 0.3 is 0 Å². The highest BCUT2D eigenvalue weighted by molar-refractivity contribution is 14.0. The van der Waals surface area contributed by atoms with Gasteiger partial charge in [-0.25, -0.2) is 9.98 Å². The first-order valence-corrected chi connectivity index (χ1v) is 10.6. The molecule has 0 unspecified atom stereocenters. The number of carbonyl (C=O) groups is 1. The van der Waals surface area contributed by atoms with Crippen LogP contribution < -0.4 is 15.5 Å². The molecule has 1 aromatic rings. The Balaban J connectivity index is 0.00000300. The number of pyridine rings is 1. The van der Waals surface area contributed by atoms with Crippen molar-refractivity contribution in [2.75, 3.05) is 38.6 Å². The number of likely N-dealkylation sites (N-methyl/N-ethyl adjacent to an activating group) is 1. The Kier molecular flexibility index (Phi) is 9.96. The number of nitrogens with one attached hydrogen (secondary N) is 2. The van der Waals surface area contributed by atoms with Crippen molar-refractivity contribution in [3.05, 3.63) is 24.4 Å². The summed E-state index contributed by atoms with van der Waals surface area (Å²) in [7, 11) is 3.54. The number of aliphatic imine (C=N–C) groups is 1. The van der Waals surface area contributed by atoms with E-state index in [1.54, 1.807) is 19.0 Å². The van der Waals surface area contributed by atoms with Crippen LogP contribution in [-0.2, 0) is 4.79 Å². The molecule has 29 heavy (non-hydrogen) atoms. The third-order valence-corrected chi connectivity index (χ3v) is 5.63. The van der Waals surface area contributed by atoms with Crippen LogP contribution >= 0.6 is 24.0 Å². The summed E-state index contributed by atoms with van der Waals surface area (Å²) in [6.45, 7) is 2.13. The third kappa shape index (κ3) is 7.64. The van der Waals surface area contributed by atoms with Gasteiger partial charge in [0.2, 0.25) is 5.91 Å². The molecule has 0 bridgehead atoms. The Morgan fingerprint density at radius 2 is 1.76 bits per heavy atom. The summed E-state index contributed by atoms with van der Waals surface area (Å²) in [5, 5.41) is 7.17. The molecule has 1 amide bonds. The van der Waals surface area contributed by atoms with E-state index in [-0.39, 0.29) is 36.4 Å². The summed E-state index contributed by atoms with van der Waals surface area (Å²) in [6, 6.07) is 6.88. The first kappa shape index (κ1) is 23.7. The van der Waals surface area contributed by atoms with Gasteiger partial charge in [-0.05, 0) is 37.8 Å². The van der Waals surface area contributed by atoms with E-state index in [9.17, 15) is 4.79 Å². The fourth-order valence-corrected chi connectivity index (χ4v) is 3.85. The molecule has 1 aliphatic carbocycles. The number of carbonyl (C=O) groups excluding carboxylic acids is 1. The van der Waals surface area contributed by atoms with Gasteiger partial charge in [-0.2, -0.15) is 0 Å². The maximum absolute atomic E-state index is 12.0.